The molecule has 0 unspecified atom stereocenters. The molecule has 0 aliphatic rings. The first-order chi connectivity index (χ1) is 6.91. The number of hydroxylamine groups is 1. The van der Waals surface area contributed by atoms with E-state index in [1.54, 1.807) is 0 Å². The van der Waals surface area contributed by atoms with Crippen molar-refractivity contribution in [1.82, 2.24) is 4.47 Å². The van der Waals surface area contributed by atoms with Crippen LogP contribution in [0, 0.1) is 11.6 Å². The van der Waals surface area contributed by atoms with Gasteiger partial charge in [0.25, 0.3) is 10.0 Å². The van der Waals surface area contributed by atoms with Gasteiger partial charge in [0.05, 0.1) is 7.11 Å². The Morgan fingerprint density at radius 3 is 2.13 bits per heavy atom. The van der Waals surface area contributed by atoms with E-state index in [-0.39, 0.29) is 0 Å². The fourth-order valence-electron chi connectivity index (χ4n) is 0.956. The highest BCUT2D eigenvalue weighted by atomic mass is 32.2. The summed E-state index contributed by atoms with van der Waals surface area (Å²) >= 11 is 0. The number of rotatable bonds is 3. The predicted octanol–water partition coefficient (Wildman–Crippen LogP) is 1.15. The molecule has 0 aliphatic carbocycles. The Labute approximate surface area is 86.1 Å². The van der Waals surface area contributed by atoms with Crippen molar-refractivity contribution in [3.8, 4) is 0 Å². The molecule has 0 saturated carbocycles. The first-order valence-corrected chi connectivity index (χ1v) is 5.32. The van der Waals surface area contributed by atoms with Crippen LogP contribution in [0.1, 0.15) is 0 Å². The third-order valence-electron chi connectivity index (χ3n) is 1.77. The standard InChI is InChI=1S/C8H9F2NO3S/c1-11(14-2)15(12,13)8-6(9)4-3-5-7(8)10/h3-5H,1-2H3. The second-order valence-corrected chi connectivity index (χ2v) is 4.52. The van der Waals surface area contributed by atoms with E-state index in [4.69, 9.17) is 0 Å². The van der Waals surface area contributed by atoms with E-state index >= 15 is 0 Å². The average molecular weight is 237 g/mol. The van der Waals surface area contributed by atoms with Crippen LogP contribution in [0.25, 0.3) is 0 Å². The molecular formula is C8H9F2NO3S. The van der Waals surface area contributed by atoms with Crippen molar-refractivity contribution >= 4 is 10.0 Å². The van der Waals surface area contributed by atoms with Gasteiger partial charge in [0.15, 0.2) is 4.90 Å². The summed E-state index contributed by atoms with van der Waals surface area (Å²) in [6, 6.07) is 2.80. The average Bonchev–Trinajstić information content (AvgIpc) is 2.15. The molecule has 7 heteroatoms. The molecular weight excluding hydrogens is 228 g/mol. The van der Waals surface area contributed by atoms with Crippen molar-refractivity contribution in [2.75, 3.05) is 14.2 Å². The molecule has 0 heterocycles. The van der Waals surface area contributed by atoms with E-state index in [1.807, 2.05) is 0 Å². The summed E-state index contributed by atoms with van der Waals surface area (Å²) in [7, 11) is -2.17. The molecule has 0 fully saturated rings. The van der Waals surface area contributed by atoms with Gasteiger partial charge in [-0.25, -0.2) is 17.2 Å². The lowest BCUT2D eigenvalue weighted by atomic mass is 10.3. The van der Waals surface area contributed by atoms with Gasteiger partial charge >= 0.3 is 0 Å². The number of hydrogen-bond acceptors (Lipinski definition) is 3. The van der Waals surface area contributed by atoms with E-state index in [1.165, 1.54) is 0 Å². The van der Waals surface area contributed by atoms with Crippen molar-refractivity contribution in [2.45, 2.75) is 4.90 Å². The lowest BCUT2D eigenvalue weighted by molar-refractivity contribution is -0.0262. The van der Waals surface area contributed by atoms with E-state index in [0.29, 0.717) is 4.47 Å². The zero-order valence-electron chi connectivity index (χ0n) is 8.07. The number of halogens is 2. The molecule has 4 nitrogen and oxygen atoms in total. The van der Waals surface area contributed by atoms with Gasteiger partial charge in [0, 0.05) is 7.05 Å². The van der Waals surface area contributed by atoms with Gasteiger partial charge in [0.2, 0.25) is 0 Å². The number of benzene rings is 1. The van der Waals surface area contributed by atoms with Crippen LogP contribution < -0.4 is 0 Å². The van der Waals surface area contributed by atoms with Crippen molar-refractivity contribution in [3.05, 3.63) is 29.8 Å². The molecule has 0 radical (unpaired) electrons. The van der Waals surface area contributed by atoms with E-state index < -0.39 is 26.6 Å². The van der Waals surface area contributed by atoms with Crippen LogP contribution in [0.5, 0.6) is 0 Å². The smallest absolute Gasteiger partial charge is 0.270 e. The summed E-state index contributed by atoms with van der Waals surface area (Å²) in [6.45, 7) is 0. The third-order valence-corrected chi connectivity index (χ3v) is 3.50. The SMILES string of the molecule is CON(C)S(=O)(=O)c1c(F)cccc1F. The maximum atomic E-state index is 13.1. The number of nitrogens with zero attached hydrogens (tertiary/aromatic N) is 1. The highest BCUT2D eigenvalue weighted by Crippen LogP contribution is 2.21. The summed E-state index contributed by atoms with van der Waals surface area (Å²) in [5, 5.41) is 0. The van der Waals surface area contributed by atoms with Crippen molar-refractivity contribution in [2.24, 2.45) is 0 Å². The second-order valence-electron chi connectivity index (χ2n) is 2.65. The Bertz CT molecular complexity index is 441. The van der Waals surface area contributed by atoms with Crippen LogP contribution in [-0.2, 0) is 14.9 Å². The van der Waals surface area contributed by atoms with Crippen LogP contribution in [0.15, 0.2) is 23.1 Å². The molecule has 0 bridgehead atoms. The summed E-state index contributed by atoms with van der Waals surface area (Å²) in [6.07, 6.45) is 0. The maximum Gasteiger partial charge on any atom is 0.270 e. The minimum Gasteiger partial charge on any atom is -0.288 e. The first-order valence-electron chi connectivity index (χ1n) is 3.88. The summed E-state index contributed by atoms with van der Waals surface area (Å²) in [5.41, 5.74) is 0. The predicted molar refractivity (Wildman–Crippen MR) is 48.3 cm³/mol. The molecule has 0 amide bonds. The molecule has 84 valence electrons. The zero-order chi connectivity index (χ0) is 11.6. The maximum absolute atomic E-state index is 13.1. The first kappa shape index (κ1) is 12.0. The van der Waals surface area contributed by atoms with Gasteiger partial charge in [-0.15, -0.1) is 0 Å². The van der Waals surface area contributed by atoms with Crippen molar-refractivity contribution < 1.29 is 22.0 Å². The van der Waals surface area contributed by atoms with Crippen molar-refractivity contribution in [3.63, 3.8) is 0 Å². The van der Waals surface area contributed by atoms with E-state index in [0.717, 1.165) is 32.4 Å². The van der Waals surface area contributed by atoms with Gasteiger partial charge in [-0.1, -0.05) is 10.5 Å². The highest BCUT2D eigenvalue weighted by Gasteiger charge is 2.28. The molecule has 0 aliphatic heterocycles. The number of hydrogen-bond donors (Lipinski definition) is 0. The van der Waals surface area contributed by atoms with Crippen LogP contribution in [0.2, 0.25) is 0 Å². The minimum atomic E-state index is -4.29. The Balaban J connectivity index is 3.40. The van der Waals surface area contributed by atoms with E-state index in [9.17, 15) is 17.2 Å². The summed E-state index contributed by atoms with van der Waals surface area (Å²) in [4.78, 5) is 3.37. The number of sulfonamides is 1. The normalized spacial score (nSPS) is 12.1. The fraction of sp³-hybridized carbons (Fsp3) is 0.250. The molecule has 0 spiro atoms. The largest absolute Gasteiger partial charge is 0.288 e. The molecule has 0 N–H and O–H groups in total. The van der Waals surface area contributed by atoms with Gasteiger partial charge in [-0.05, 0) is 12.1 Å². The van der Waals surface area contributed by atoms with Crippen LogP contribution in [0.3, 0.4) is 0 Å². The molecule has 0 aromatic heterocycles. The lowest BCUT2D eigenvalue weighted by Gasteiger charge is -2.14. The Morgan fingerprint density at radius 2 is 1.73 bits per heavy atom. The highest BCUT2D eigenvalue weighted by molar-refractivity contribution is 7.89. The van der Waals surface area contributed by atoms with Gasteiger partial charge in [-0.3, -0.25) is 4.84 Å². The molecule has 1 rings (SSSR count). The third kappa shape index (κ3) is 2.14. The fourth-order valence-corrected chi connectivity index (χ4v) is 2.04. The molecule has 1 aromatic rings. The van der Waals surface area contributed by atoms with E-state index in [2.05, 4.69) is 4.84 Å². The topological polar surface area (TPSA) is 46.6 Å². The molecule has 15 heavy (non-hydrogen) atoms. The molecule has 1 aromatic carbocycles. The van der Waals surface area contributed by atoms with Gasteiger partial charge in [0.1, 0.15) is 11.6 Å². The van der Waals surface area contributed by atoms with Crippen molar-refractivity contribution in [1.29, 1.82) is 0 Å². The summed E-state index contributed by atoms with van der Waals surface area (Å²) in [5.74, 6) is -2.31. The lowest BCUT2D eigenvalue weighted by Crippen LogP contribution is -2.27. The van der Waals surface area contributed by atoms with Crippen LogP contribution >= 0.6 is 0 Å². The quantitative estimate of drug-likeness (QED) is 0.741. The Kier molecular flexibility index (Phi) is 3.38. The monoisotopic (exact) mass is 237 g/mol. The minimum absolute atomic E-state index is 0.383. The van der Waals surface area contributed by atoms with Gasteiger partial charge in [-0.2, -0.15) is 0 Å². The summed E-state index contributed by atoms with van der Waals surface area (Å²) < 4.78 is 49.7. The van der Waals surface area contributed by atoms with Gasteiger partial charge < -0.3 is 0 Å². The Morgan fingerprint density at radius 1 is 1.27 bits per heavy atom. The van der Waals surface area contributed by atoms with Crippen LogP contribution in [0.4, 0.5) is 8.78 Å². The Hall–Kier alpha value is -1.05. The zero-order valence-corrected chi connectivity index (χ0v) is 8.88. The molecule has 0 saturated heterocycles. The second kappa shape index (κ2) is 4.21. The molecule has 0 atom stereocenters. The van der Waals surface area contributed by atoms with Crippen LogP contribution in [-0.4, -0.2) is 27.0 Å².